The summed E-state index contributed by atoms with van der Waals surface area (Å²) in [6.07, 6.45) is 0.0584. The van der Waals surface area contributed by atoms with Crippen LogP contribution in [0.2, 0.25) is 10.0 Å². The summed E-state index contributed by atoms with van der Waals surface area (Å²) in [6, 6.07) is 11.3. The van der Waals surface area contributed by atoms with Crippen LogP contribution in [0.3, 0.4) is 0 Å². The molecule has 1 aliphatic carbocycles. The Hall–Kier alpha value is -3.14. The van der Waals surface area contributed by atoms with E-state index in [4.69, 9.17) is 23.2 Å². The SMILES string of the molecule is CC1(C)[C@@H](C(=O)NC(Cc2ccccc2)C(=O)O)C[C@H](NC(=O)c2c(Cl)cccc2Cl)[C@]1(C)C(=O)NO. The predicted octanol–water partition coefficient (Wildman–Crippen LogP) is 3.46. The highest BCUT2D eigenvalue weighted by molar-refractivity contribution is 6.39. The zero-order valence-corrected chi connectivity index (χ0v) is 22.1. The molecule has 3 rings (SSSR count). The van der Waals surface area contributed by atoms with Crippen molar-refractivity contribution in [1.82, 2.24) is 16.1 Å². The Kier molecular flexibility index (Phi) is 8.52. The first-order valence-corrected chi connectivity index (χ1v) is 12.4. The molecule has 0 aliphatic heterocycles. The molecule has 1 unspecified atom stereocenters. The van der Waals surface area contributed by atoms with Crippen molar-refractivity contribution >= 4 is 46.9 Å². The monoisotopic (exact) mass is 549 g/mol. The van der Waals surface area contributed by atoms with Gasteiger partial charge in [0.1, 0.15) is 6.04 Å². The maximum atomic E-state index is 13.5. The number of carbonyl (C=O) groups is 4. The van der Waals surface area contributed by atoms with Gasteiger partial charge in [0.05, 0.1) is 21.0 Å². The number of carboxylic acids is 1. The molecule has 5 N–H and O–H groups in total. The quantitative estimate of drug-likeness (QED) is 0.252. The second-order valence-corrected chi connectivity index (χ2v) is 10.7. The average molecular weight is 550 g/mol. The van der Waals surface area contributed by atoms with Crippen LogP contribution >= 0.6 is 23.2 Å². The van der Waals surface area contributed by atoms with Gasteiger partial charge in [0.25, 0.3) is 11.8 Å². The smallest absolute Gasteiger partial charge is 0.326 e. The van der Waals surface area contributed by atoms with E-state index in [2.05, 4.69) is 10.6 Å². The minimum absolute atomic E-state index is 0.00571. The zero-order valence-electron chi connectivity index (χ0n) is 20.5. The van der Waals surface area contributed by atoms with Crippen LogP contribution in [0.5, 0.6) is 0 Å². The summed E-state index contributed by atoms with van der Waals surface area (Å²) < 4.78 is 0. The Balaban J connectivity index is 1.91. The third-order valence-electron chi connectivity index (χ3n) is 7.66. The van der Waals surface area contributed by atoms with Crippen molar-refractivity contribution in [3.63, 3.8) is 0 Å². The molecule has 1 saturated carbocycles. The molecule has 37 heavy (non-hydrogen) atoms. The Morgan fingerprint density at radius 1 is 1.00 bits per heavy atom. The molecule has 2 aromatic rings. The molecule has 0 heterocycles. The zero-order chi connectivity index (χ0) is 27.5. The molecule has 0 saturated heterocycles. The molecular weight excluding hydrogens is 521 g/mol. The summed E-state index contributed by atoms with van der Waals surface area (Å²) in [5.74, 6) is -4.14. The summed E-state index contributed by atoms with van der Waals surface area (Å²) in [4.78, 5) is 51.5. The topological polar surface area (TPSA) is 145 Å². The lowest BCUT2D eigenvalue weighted by molar-refractivity contribution is -0.149. The summed E-state index contributed by atoms with van der Waals surface area (Å²) in [7, 11) is 0. The van der Waals surface area contributed by atoms with Gasteiger partial charge in [-0.05, 0) is 36.5 Å². The van der Waals surface area contributed by atoms with Gasteiger partial charge < -0.3 is 15.7 Å². The first-order chi connectivity index (χ1) is 17.3. The molecule has 0 bridgehead atoms. The normalized spacial score (nSPS) is 23.1. The van der Waals surface area contributed by atoms with Gasteiger partial charge in [0.2, 0.25) is 5.91 Å². The van der Waals surface area contributed by atoms with Gasteiger partial charge in [-0.15, -0.1) is 0 Å². The van der Waals surface area contributed by atoms with Crippen molar-refractivity contribution in [2.45, 2.75) is 45.7 Å². The highest BCUT2D eigenvalue weighted by atomic mass is 35.5. The molecule has 3 amide bonds. The van der Waals surface area contributed by atoms with Gasteiger partial charge in [-0.1, -0.05) is 73.4 Å². The van der Waals surface area contributed by atoms with Gasteiger partial charge >= 0.3 is 5.97 Å². The molecule has 1 aliphatic rings. The Labute approximate surface area is 224 Å². The van der Waals surface area contributed by atoms with Crippen LogP contribution in [-0.2, 0) is 20.8 Å². The van der Waals surface area contributed by atoms with Gasteiger partial charge in [-0.25, -0.2) is 10.3 Å². The van der Waals surface area contributed by atoms with E-state index < -0.39 is 52.5 Å². The van der Waals surface area contributed by atoms with E-state index in [0.29, 0.717) is 0 Å². The van der Waals surface area contributed by atoms with E-state index in [1.54, 1.807) is 55.7 Å². The molecule has 2 aromatic carbocycles. The fourth-order valence-electron chi connectivity index (χ4n) is 5.05. The van der Waals surface area contributed by atoms with E-state index in [-0.39, 0.29) is 28.5 Å². The molecule has 198 valence electrons. The third-order valence-corrected chi connectivity index (χ3v) is 8.29. The molecule has 0 spiro atoms. The molecular formula is C26H29Cl2N3O6. The third kappa shape index (κ3) is 5.44. The molecule has 0 aromatic heterocycles. The number of benzene rings is 2. The highest BCUT2D eigenvalue weighted by Gasteiger charge is 2.64. The van der Waals surface area contributed by atoms with E-state index in [1.165, 1.54) is 19.1 Å². The Morgan fingerprint density at radius 3 is 2.14 bits per heavy atom. The van der Waals surface area contributed by atoms with Crippen LogP contribution in [-0.4, -0.2) is 46.1 Å². The average Bonchev–Trinajstić information content (AvgIpc) is 3.04. The van der Waals surface area contributed by atoms with Crippen LogP contribution in [0.4, 0.5) is 0 Å². The standard InChI is InChI=1S/C26H29Cl2N3O6/c1-25(2)15(21(32)29-18(23(34)35)12-14-8-5-4-6-9-14)13-19(26(25,3)24(36)31-37)30-22(33)20-16(27)10-7-11-17(20)28/h4-11,15,18-19,37H,12-13H2,1-3H3,(H,29,32)(H,30,33)(H,31,36)(H,34,35)/t15-,18?,19+,26-/m1/s1. The minimum atomic E-state index is -1.47. The first kappa shape index (κ1) is 28.4. The van der Waals surface area contributed by atoms with Crippen molar-refractivity contribution in [2.75, 3.05) is 0 Å². The molecule has 4 atom stereocenters. The number of carbonyl (C=O) groups excluding carboxylic acids is 3. The van der Waals surface area contributed by atoms with Gasteiger partial charge in [0, 0.05) is 18.4 Å². The Bertz CT molecular complexity index is 1190. The fraction of sp³-hybridized carbons (Fsp3) is 0.385. The number of carboxylic acid groups (broad SMARTS) is 1. The number of nitrogens with one attached hydrogen (secondary N) is 3. The Morgan fingerprint density at radius 2 is 1.59 bits per heavy atom. The first-order valence-electron chi connectivity index (χ1n) is 11.6. The summed E-state index contributed by atoms with van der Waals surface area (Å²) in [5, 5.41) is 24.8. The van der Waals surface area contributed by atoms with Crippen molar-refractivity contribution in [2.24, 2.45) is 16.7 Å². The predicted molar refractivity (Wildman–Crippen MR) is 137 cm³/mol. The summed E-state index contributed by atoms with van der Waals surface area (Å²) >= 11 is 12.4. The number of aliphatic carboxylic acids is 1. The maximum absolute atomic E-state index is 13.5. The fourth-order valence-corrected chi connectivity index (χ4v) is 5.62. The van der Waals surface area contributed by atoms with Crippen molar-refractivity contribution < 1.29 is 29.5 Å². The highest BCUT2D eigenvalue weighted by Crippen LogP contribution is 2.56. The van der Waals surface area contributed by atoms with E-state index in [9.17, 15) is 29.5 Å². The molecule has 11 heteroatoms. The number of hydrogen-bond donors (Lipinski definition) is 5. The van der Waals surface area contributed by atoms with Crippen LogP contribution in [0, 0.1) is 16.7 Å². The van der Waals surface area contributed by atoms with E-state index >= 15 is 0 Å². The van der Waals surface area contributed by atoms with Gasteiger partial charge in [-0.3, -0.25) is 19.6 Å². The second-order valence-electron chi connectivity index (χ2n) is 9.87. The van der Waals surface area contributed by atoms with Crippen LogP contribution < -0.4 is 16.1 Å². The van der Waals surface area contributed by atoms with E-state index in [0.717, 1.165) is 5.56 Å². The largest absolute Gasteiger partial charge is 0.480 e. The maximum Gasteiger partial charge on any atom is 0.326 e. The molecule has 9 nitrogen and oxygen atoms in total. The van der Waals surface area contributed by atoms with Crippen molar-refractivity contribution in [1.29, 1.82) is 0 Å². The lowest BCUT2D eigenvalue weighted by Crippen LogP contribution is -2.57. The summed E-state index contributed by atoms with van der Waals surface area (Å²) in [6.45, 7) is 4.85. The molecule has 1 fully saturated rings. The van der Waals surface area contributed by atoms with Crippen LogP contribution in [0.25, 0.3) is 0 Å². The number of hydroxylamine groups is 1. The number of amides is 3. The number of hydrogen-bond acceptors (Lipinski definition) is 5. The second kappa shape index (κ2) is 11.1. The lowest BCUT2D eigenvalue weighted by atomic mass is 9.64. The van der Waals surface area contributed by atoms with Gasteiger partial charge in [-0.2, -0.15) is 0 Å². The molecule has 0 radical (unpaired) electrons. The van der Waals surface area contributed by atoms with E-state index in [1.807, 2.05) is 0 Å². The van der Waals surface area contributed by atoms with Crippen molar-refractivity contribution in [3.05, 3.63) is 69.7 Å². The van der Waals surface area contributed by atoms with Gasteiger partial charge in [0.15, 0.2) is 0 Å². The van der Waals surface area contributed by atoms with Crippen LogP contribution in [0.1, 0.15) is 43.1 Å². The lowest BCUT2D eigenvalue weighted by Gasteiger charge is -2.42. The minimum Gasteiger partial charge on any atom is -0.480 e. The summed E-state index contributed by atoms with van der Waals surface area (Å²) in [5.41, 5.74) is -0.198. The number of rotatable bonds is 8. The van der Waals surface area contributed by atoms with Crippen LogP contribution in [0.15, 0.2) is 48.5 Å². The number of halogens is 2. The van der Waals surface area contributed by atoms with Crippen molar-refractivity contribution in [3.8, 4) is 0 Å².